The average molecular weight is 381 g/mol. The Morgan fingerprint density at radius 3 is 1.50 bits per heavy atom. The van der Waals surface area contributed by atoms with Gasteiger partial charge in [-0.25, -0.2) is 0 Å². The van der Waals surface area contributed by atoms with E-state index in [0.29, 0.717) is 0 Å². The summed E-state index contributed by atoms with van der Waals surface area (Å²) in [4.78, 5) is 0. The van der Waals surface area contributed by atoms with Crippen molar-refractivity contribution in [3.63, 3.8) is 0 Å². The highest BCUT2D eigenvalue weighted by Gasteiger charge is 2.30. The van der Waals surface area contributed by atoms with Crippen LogP contribution in [0.25, 0.3) is 0 Å². The van der Waals surface area contributed by atoms with Crippen molar-refractivity contribution in [1.29, 1.82) is 0 Å². The van der Waals surface area contributed by atoms with E-state index >= 15 is 0 Å². The van der Waals surface area contributed by atoms with Crippen molar-refractivity contribution < 1.29 is 9.47 Å². The van der Waals surface area contributed by atoms with E-state index in [1.165, 1.54) is 22.3 Å². The number of hydrogen-bond acceptors (Lipinski definition) is 4. The molecule has 0 radical (unpaired) electrons. The zero-order valence-electron chi connectivity index (χ0n) is 16.6. The molecule has 4 heteroatoms. The van der Waals surface area contributed by atoms with Crippen LogP contribution < -0.4 is 11.5 Å². The van der Waals surface area contributed by atoms with Crippen molar-refractivity contribution in [3.8, 4) is 0 Å². The number of benzene rings is 2. The molecule has 0 aliphatic heterocycles. The molecular weight excluding hydrogens is 348 g/mol. The van der Waals surface area contributed by atoms with E-state index in [0.717, 1.165) is 51.7 Å². The highest BCUT2D eigenvalue weighted by molar-refractivity contribution is 5.36. The van der Waals surface area contributed by atoms with Gasteiger partial charge in [0.2, 0.25) is 0 Å². The van der Waals surface area contributed by atoms with Gasteiger partial charge in [0, 0.05) is 26.1 Å². The van der Waals surface area contributed by atoms with Gasteiger partial charge >= 0.3 is 0 Å². The lowest BCUT2D eigenvalue weighted by Crippen LogP contribution is -2.25. The van der Waals surface area contributed by atoms with E-state index in [-0.39, 0.29) is 24.3 Å². The molecule has 0 unspecified atom stereocenters. The summed E-state index contributed by atoms with van der Waals surface area (Å²) >= 11 is 0. The van der Waals surface area contributed by atoms with Gasteiger partial charge in [-0.3, -0.25) is 0 Å². The normalized spacial score (nSPS) is 25.6. The van der Waals surface area contributed by atoms with Crippen molar-refractivity contribution in [2.75, 3.05) is 13.2 Å². The summed E-state index contributed by atoms with van der Waals surface area (Å²) in [6.45, 7) is 1.58. The van der Waals surface area contributed by atoms with Gasteiger partial charge in [0.1, 0.15) is 0 Å². The topological polar surface area (TPSA) is 70.5 Å². The summed E-state index contributed by atoms with van der Waals surface area (Å²) in [5, 5.41) is 0. The second-order valence-electron chi connectivity index (χ2n) is 8.09. The second kappa shape index (κ2) is 9.19. The Morgan fingerprint density at radius 1 is 0.643 bits per heavy atom. The zero-order valence-corrected chi connectivity index (χ0v) is 16.6. The molecule has 4 atom stereocenters. The first-order valence-corrected chi connectivity index (χ1v) is 10.6. The summed E-state index contributed by atoms with van der Waals surface area (Å²) in [6.07, 6.45) is 6.62. The third-order valence-electron chi connectivity index (χ3n) is 6.17. The monoisotopic (exact) mass is 380 g/mol. The van der Waals surface area contributed by atoms with Gasteiger partial charge in [-0.1, -0.05) is 61.4 Å². The highest BCUT2D eigenvalue weighted by Crippen LogP contribution is 2.32. The smallest absolute Gasteiger partial charge is 0.0808 e. The summed E-state index contributed by atoms with van der Waals surface area (Å²) in [5.74, 6) is 0. The number of unbranched alkanes of at least 4 members (excludes halogenated alkanes) is 3. The first kappa shape index (κ1) is 19.6. The van der Waals surface area contributed by atoms with Crippen LogP contribution in [0.2, 0.25) is 0 Å². The summed E-state index contributed by atoms with van der Waals surface area (Å²) in [6, 6.07) is 16.9. The Bertz CT molecular complexity index is 713. The average Bonchev–Trinajstić information content (AvgIpc) is 3.21. The van der Waals surface area contributed by atoms with Crippen LogP contribution in [-0.4, -0.2) is 25.4 Å². The fourth-order valence-corrected chi connectivity index (χ4v) is 4.53. The molecule has 2 aromatic rings. The number of fused-ring (bicyclic) bond motifs is 2. The Labute approximate surface area is 168 Å². The Hall–Kier alpha value is -1.72. The maximum atomic E-state index is 6.32. The minimum atomic E-state index is 0.0179. The first-order chi connectivity index (χ1) is 13.7. The van der Waals surface area contributed by atoms with E-state index in [9.17, 15) is 0 Å². The fourth-order valence-electron chi connectivity index (χ4n) is 4.53. The summed E-state index contributed by atoms with van der Waals surface area (Å²) in [5.41, 5.74) is 17.8. The largest absolute Gasteiger partial charge is 0.376 e. The minimum absolute atomic E-state index is 0.0179. The van der Waals surface area contributed by atoms with Gasteiger partial charge in [-0.05, 0) is 35.1 Å². The molecule has 4 nitrogen and oxygen atoms in total. The number of rotatable bonds is 9. The molecule has 2 aromatic carbocycles. The van der Waals surface area contributed by atoms with E-state index < -0.39 is 0 Å². The van der Waals surface area contributed by atoms with Crippen molar-refractivity contribution >= 4 is 0 Å². The number of ether oxygens (including phenoxy) is 2. The molecule has 28 heavy (non-hydrogen) atoms. The van der Waals surface area contributed by atoms with Crippen LogP contribution in [0.4, 0.5) is 0 Å². The van der Waals surface area contributed by atoms with E-state index in [1.54, 1.807) is 0 Å². The van der Waals surface area contributed by atoms with E-state index in [1.807, 2.05) is 0 Å². The van der Waals surface area contributed by atoms with Gasteiger partial charge in [-0.15, -0.1) is 0 Å². The third-order valence-corrected chi connectivity index (χ3v) is 6.17. The quantitative estimate of drug-likeness (QED) is 0.649. The molecule has 0 saturated heterocycles. The summed E-state index contributed by atoms with van der Waals surface area (Å²) < 4.78 is 12.1. The lowest BCUT2D eigenvalue weighted by Gasteiger charge is -2.18. The molecule has 4 rings (SSSR count). The molecule has 150 valence electrons. The molecule has 2 aliphatic rings. The van der Waals surface area contributed by atoms with E-state index in [4.69, 9.17) is 20.9 Å². The molecule has 0 spiro atoms. The predicted octanol–water partition coefficient (Wildman–Crippen LogP) is 3.83. The van der Waals surface area contributed by atoms with Gasteiger partial charge in [0.25, 0.3) is 0 Å². The van der Waals surface area contributed by atoms with Gasteiger partial charge in [0.05, 0.1) is 24.3 Å². The summed E-state index contributed by atoms with van der Waals surface area (Å²) in [7, 11) is 0. The van der Waals surface area contributed by atoms with Crippen LogP contribution in [0.3, 0.4) is 0 Å². The molecule has 0 aromatic heterocycles. The Kier molecular flexibility index (Phi) is 6.43. The van der Waals surface area contributed by atoms with Gasteiger partial charge in [0.15, 0.2) is 0 Å². The third kappa shape index (κ3) is 4.31. The van der Waals surface area contributed by atoms with Gasteiger partial charge < -0.3 is 20.9 Å². The molecule has 0 heterocycles. The van der Waals surface area contributed by atoms with Crippen molar-refractivity contribution in [2.24, 2.45) is 11.5 Å². The van der Waals surface area contributed by atoms with E-state index in [2.05, 4.69) is 48.5 Å². The zero-order chi connectivity index (χ0) is 19.3. The SMILES string of the molecule is N[C@@H]1c2ccccc2C[C@H]1OCCCCCCO[C@@H]1Cc2ccccc2[C@H]1N. The Balaban J connectivity index is 1.06. The molecule has 4 N–H and O–H groups in total. The fraction of sp³-hybridized carbons (Fsp3) is 0.500. The molecular formula is C24H32N2O2. The number of hydrogen-bond donors (Lipinski definition) is 2. The van der Waals surface area contributed by atoms with Crippen LogP contribution in [0.1, 0.15) is 60.0 Å². The van der Waals surface area contributed by atoms with Crippen LogP contribution in [-0.2, 0) is 22.3 Å². The molecule has 2 aliphatic carbocycles. The van der Waals surface area contributed by atoms with Gasteiger partial charge in [-0.2, -0.15) is 0 Å². The predicted molar refractivity (Wildman–Crippen MR) is 112 cm³/mol. The van der Waals surface area contributed by atoms with Crippen molar-refractivity contribution in [1.82, 2.24) is 0 Å². The molecule has 0 saturated carbocycles. The van der Waals surface area contributed by atoms with Crippen LogP contribution in [0.5, 0.6) is 0 Å². The first-order valence-electron chi connectivity index (χ1n) is 10.6. The van der Waals surface area contributed by atoms with Crippen molar-refractivity contribution in [2.45, 2.75) is 62.8 Å². The maximum absolute atomic E-state index is 6.32. The maximum Gasteiger partial charge on any atom is 0.0808 e. The second-order valence-corrected chi connectivity index (χ2v) is 8.09. The van der Waals surface area contributed by atoms with Crippen LogP contribution in [0, 0.1) is 0 Å². The molecule has 0 amide bonds. The van der Waals surface area contributed by atoms with Crippen LogP contribution in [0.15, 0.2) is 48.5 Å². The Morgan fingerprint density at radius 2 is 1.07 bits per heavy atom. The number of nitrogens with two attached hydrogens (primary N) is 2. The molecule has 0 fully saturated rings. The standard InChI is InChI=1S/C24H32N2O2/c25-23-19-11-5-3-9-17(19)15-21(23)27-13-7-1-2-8-14-28-22-16-18-10-4-6-12-20(18)24(22)26/h3-6,9-12,21-24H,1-2,7-8,13-16,25-26H2/t21-,22-,23-,24-/m1/s1. The highest BCUT2D eigenvalue weighted by atomic mass is 16.5. The lowest BCUT2D eigenvalue weighted by molar-refractivity contribution is 0.0354. The van der Waals surface area contributed by atoms with Crippen LogP contribution >= 0.6 is 0 Å². The molecule has 0 bridgehead atoms. The lowest BCUT2D eigenvalue weighted by atomic mass is 10.1. The minimum Gasteiger partial charge on any atom is -0.376 e. The van der Waals surface area contributed by atoms with Crippen molar-refractivity contribution in [3.05, 3.63) is 70.8 Å².